The number of carboxylic acid groups (broad SMARTS) is 1. The van der Waals surface area contributed by atoms with Gasteiger partial charge in [-0.25, -0.2) is 14.5 Å². The number of aliphatic carboxylic acids is 1. The van der Waals surface area contributed by atoms with E-state index in [0.717, 1.165) is 4.90 Å². The summed E-state index contributed by atoms with van der Waals surface area (Å²) < 4.78 is 6.68. The summed E-state index contributed by atoms with van der Waals surface area (Å²) in [5.74, 6) is -1.04. The number of anilines is 1. The first-order chi connectivity index (χ1) is 12.9. The summed E-state index contributed by atoms with van der Waals surface area (Å²) in [5, 5.41) is 11.3. The fourth-order valence-electron chi connectivity index (χ4n) is 2.45. The van der Waals surface area contributed by atoms with Crippen LogP contribution in [0.25, 0.3) is 6.08 Å². The maximum atomic E-state index is 12.6. The minimum absolute atomic E-state index is 0.162. The van der Waals surface area contributed by atoms with E-state index in [0.29, 0.717) is 24.1 Å². The predicted molar refractivity (Wildman–Crippen MR) is 115 cm³/mol. The van der Waals surface area contributed by atoms with Gasteiger partial charge >= 0.3 is 12.0 Å². The van der Waals surface area contributed by atoms with Crippen LogP contribution in [0.1, 0.15) is 5.56 Å². The van der Waals surface area contributed by atoms with E-state index < -0.39 is 24.5 Å². The number of hydrogen-bond acceptors (Lipinski definition) is 4. The zero-order valence-electron chi connectivity index (χ0n) is 13.6. The number of carboxylic acids is 1. The Balaban J connectivity index is 1.88. The van der Waals surface area contributed by atoms with E-state index in [2.05, 4.69) is 5.32 Å². The molecule has 3 rings (SSSR count). The van der Waals surface area contributed by atoms with E-state index in [1.54, 1.807) is 48.5 Å². The lowest BCUT2D eigenvalue weighted by molar-refractivity contribution is -0.139. The van der Waals surface area contributed by atoms with Crippen LogP contribution < -0.4 is 15.0 Å². The third kappa shape index (κ3) is 4.40. The number of carbonyl (C=O) groups excluding carboxylic acids is 2. The molecule has 2 N–H and O–H groups in total. The van der Waals surface area contributed by atoms with E-state index in [1.165, 1.54) is 0 Å². The molecule has 0 aliphatic carbocycles. The topological polar surface area (TPSA) is 95.9 Å². The molecule has 2 aromatic carbocycles. The average molecular weight is 590 g/mol. The first kappa shape index (κ1) is 19.6. The molecule has 0 atom stereocenters. The zero-order valence-corrected chi connectivity index (χ0v) is 17.9. The highest BCUT2D eigenvalue weighted by Gasteiger charge is 2.34. The van der Waals surface area contributed by atoms with E-state index in [9.17, 15) is 14.4 Å². The minimum atomic E-state index is -1.06. The fraction of sp³-hybridized carbons (Fsp3) is 0.0556. The predicted octanol–water partition coefficient (Wildman–Crippen LogP) is 3.46. The maximum Gasteiger partial charge on any atom is 0.341 e. The molecule has 138 valence electrons. The number of para-hydroxylation sites is 1. The van der Waals surface area contributed by atoms with Crippen LogP contribution in [-0.4, -0.2) is 29.6 Å². The van der Waals surface area contributed by atoms with Crippen LogP contribution in [-0.2, 0) is 9.59 Å². The van der Waals surface area contributed by atoms with Crippen molar-refractivity contribution in [3.05, 3.63) is 60.9 Å². The first-order valence-corrected chi connectivity index (χ1v) is 9.78. The van der Waals surface area contributed by atoms with Crippen molar-refractivity contribution < 1.29 is 24.2 Å². The Morgan fingerprint density at radius 3 is 2.37 bits per heavy atom. The number of benzene rings is 2. The Kier molecular flexibility index (Phi) is 5.99. The lowest BCUT2D eigenvalue weighted by Gasteiger charge is -2.11. The number of carbonyl (C=O) groups is 3. The first-order valence-electron chi connectivity index (χ1n) is 7.62. The van der Waals surface area contributed by atoms with Gasteiger partial charge in [0.2, 0.25) is 0 Å². The van der Waals surface area contributed by atoms with E-state index in [1.807, 2.05) is 45.2 Å². The van der Waals surface area contributed by atoms with Crippen molar-refractivity contribution >= 4 is 74.9 Å². The number of ether oxygens (including phenoxy) is 1. The SMILES string of the molecule is O=C(O)COc1c(I)cc(/C=C2/NC(=O)N(c3ccccc3)C2=O)cc1I. The van der Waals surface area contributed by atoms with Crippen molar-refractivity contribution in [2.45, 2.75) is 0 Å². The zero-order chi connectivity index (χ0) is 19.6. The normalized spacial score (nSPS) is 15.2. The van der Waals surface area contributed by atoms with Gasteiger partial charge in [-0.1, -0.05) is 18.2 Å². The second kappa shape index (κ2) is 8.25. The van der Waals surface area contributed by atoms with Gasteiger partial charge in [-0.15, -0.1) is 0 Å². The molecule has 7 nitrogen and oxygen atoms in total. The van der Waals surface area contributed by atoms with Gasteiger partial charge in [-0.3, -0.25) is 4.79 Å². The van der Waals surface area contributed by atoms with Crippen LogP contribution in [0.2, 0.25) is 0 Å². The van der Waals surface area contributed by atoms with Crippen LogP contribution in [0.15, 0.2) is 48.2 Å². The van der Waals surface area contributed by atoms with Gasteiger partial charge in [0.1, 0.15) is 11.4 Å². The van der Waals surface area contributed by atoms with E-state index >= 15 is 0 Å². The largest absolute Gasteiger partial charge is 0.480 e. The van der Waals surface area contributed by atoms with Gasteiger partial charge in [0.05, 0.1) is 12.8 Å². The number of hydrogen-bond donors (Lipinski definition) is 2. The second-order valence-corrected chi connectivity index (χ2v) is 7.78. The van der Waals surface area contributed by atoms with Crippen LogP contribution >= 0.6 is 45.2 Å². The highest BCUT2D eigenvalue weighted by atomic mass is 127. The molecule has 2 aromatic rings. The third-order valence-corrected chi connectivity index (χ3v) is 5.17. The van der Waals surface area contributed by atoms with Gasteiger partial charge in [0.15, 0.2) is 6.61 Å². The molecule has 0 unspecified atom stereocenters. The second-order valence-electron chi connectivity index (χ2n) is 5.46. The molecule has 27 heavy (non-hydrogen) atoms. The maximum absolute atomic E-state index is 12.6. The quantitative estimate of drug-likeness (QED) is 0.316. The van der Waals surface area contributed by atoms with Gasteiger partial charge in [-0.2, -0.15) is 0 Å². The molecule has 1 aliphatic heterocycles. The smallest absolute Gasteiger partial charge is 0.341 e. The van der Waals surface area contributed by atoms with Gasteiger partial charge in [-0.05, 0) is 81.1 Å². The van der Waals surface area contributed by atoms with Crippen molar-refractivity contribution in [3.63, 3.8) is 0 Å². The Morgan fingerprint density at radius 2 is 1.78 bits per heavy atom. The van der Waals surface area contributed by atoms with Crippen LogP contribution in [0.5, 0.6) is 5.75 Å². The number of nitrogens with one attached hydrogen (secondary N) is 1. The van der Waals surface area contributed by atoms with Crippen molar-refractivity contribution in [2.75, 3.05) is 11.5 Å². The molecular formula is C18H12I2N2O5. The number of urea groups is 1. The molecule has 0 bridgehead atoms. The molecule has 1 saturated heterocycles. The van der Waals surface area contributed by atoms with Gasteiger partial charge < -0.3 is 15.2 Å². The molecule has 0 aromatic heterocycles. The number of rotatable bonds is 5. The van der Waals surface area contributed by atoms with Crippen LogP contribution in [0.3, 0.4) is 0 Å². The molecule has 9 heteroatoms. The van der Waals surface area contributed by atoms with Gasteiger partial charge in [0, 0.05) is 0 Å². The van der Waals surface area contributed by atoms with E-state index in [4.69, 9.17) is 9.84 Å². The Hall–Kier alpha value is -2.15. The molecular weight excluding hydrogens is 578 g/mol. The van der Waals surface area contributed by atoms with E-state index in [-0.39, 0.29) is 5.70 Å². The van der Waals surface area contributed by atoms with Crippen molar-refractivity contribution in [1.82, 2.24) is 5.32 Å². The molecule has 0 spiro atoms. The number of amides is 3. The summed E-state index contributed by atoms with van der Waals surface area (Å²) in [6.45, 7) is -0.437. The lowest BCUT2D eigenvalue weighted by atomic mass is 10.2. The molecule has 0 saturated carbocycles. The highest BCUT2D eigenvalue weighted by Crippen LogP contribution is 2.30. The Bertz CT molecular complexity index is 936. The standard InChI is InChI=1S/C18H12I2N2O5/c19-12-6-10(7-13(20)16(12)27-9-15(23)24)8-14-17(25)22(18(26)21-14)11-4-2-1-3-5-11/h1-8H,9H2,(H,21,26)(H,23,24)/b14-8+. The summed E-state index contributed by atoms with van der Waals surface area (Å²) in [7, 11) is 0. The average Bonchev–Trinajstić information content (AvgIpc) is 2.88. The Labute approximate surface area is 181 Å². The number of halogens is 2. The monoisotopic (exact) mass is 590 g/mol. The molecule has 1 aliphatic rings. The highest BCUT2D eigenvalue weighted by molar-refractivity contribution is 14.1. The van der Waals surface area contributed by atoms with Crippen molar-refractivity contribution in [1.29, 1.82) is 0 Å². The third-order valence-electron chi connectivity index (χ3n) is 3.56. The summed E-state index contributed by atoms with van der Waals surface area (Å²) in [6.07, 6.45) is 1.58. The molecule has 0 radical (unpaired) electrons. The summed E-state index contributed by atoms with van der Waals surface area (Å²) in [4.78, 5) is 36.6. The molecule has 1 heterocycles. The molecule has 1 fully saturated rings. The Morgan fingerprint density at radius 1 is 1.15 bits per heavy atom. The van der Waals surface area contributed by atoms with Gasteiger partial charge in [0.25, 0.3) is 5.91 Å². The number of imide groups is 1. The minimum Gasteiger partial charge on any atom is -0.480 e. The van der Waals surface area contributed by atoms with Crippen LogP contribution in [0.4, 0.5) is 10.5 Å². The van der Waals surface area contributed by atoms with Crippen molar-refractivity contribution in [3.8, 4) is 5.75 Å². The lowest BCUT2D eigenvalue weighted by Crippen LogP contribution is -2.30. The molecule has 3 amide bonds. The van der Waals surface area contributed by atoms with Crippen molar-refractivity contribution in [2.24, 2.45) is 0 Å². The summed E-state index contributed by atoms with van der Waals surface area (Å²) in [6, 6.07) is 11.6. The fourth-order valence-corrected chi connectivity index (χ4v) is 4.58. The van der Waals surface area contributed by atoms with Crippen LogP contribution in [0, 0.1) is 7.14 Å². The number of nitrogens with zero attached hydrogens (tertiary/aromatic N) is 1. The summed E-state index contributed by atoms with van der Waals surface area (Å²) >= 11 is 4.07. The summed E-state index contributed by atoms with van der Waals surface area (Å²) in [5.41, 5.74) is 1.34.